The lowest BCUT2D eigenvalue weighted by molar-refractivity contribution is 0.413. The third-order valence-electron chi connectivity index (χ3n) is 1.76. The van der Waals surface area contributed by atoms with E-state index in [1.54, 1.807) is 18.4 Å². The van der Waals surface area contributed by atoms with Crippen LogP contribution in [0.2, 0.25) is 0 Å². The first-order chi connectivity index (χ1) is 6.20. The van der Waals surface area contributed by atoms with E-state index in [4.69, 9.17) is 4.74 Å². The number of hydrogen-bond donors (Lipinski definition) is 0. The van der Waals surface area contributed by atoms with E-state index in [0.717, 1.165) is 14.0 Å². The largest absolute Gasteiger partial charge is 0.496 e. The van der Waals surface area contributed by atoms with E-state index in [1.165, 1.54) is 10.1 Å². The van der Waals surface area contributed by atoms with Crippen molar-refractivity contribution in [2.45, 2.75) is 0 Å². The van der Waals surface area contributed by atoms with Crippen molar-refractivity contribution in [3.8, 4) is 5.75 Å². The Hall–Kier alpha value is -0.0600. The van der Waals surface area contributed by atoms with Crippen LogP contribution in [0.25, 0.3) is 10.1 Å². The minimum atomic E-state index is 0.877. The number of benzene rings is 1. The number of fused-ring (bicyclic) bond motifs is 1. The molecule has 1 aromatic carbocycles. The molecule has 0 aliphatic carbocycles. The Kier molecular flexibility index (Phi) is 2.62. The van der Waals surface area contributed by atoms with Gasteiger partial charge in [0.15, 0.2) is 0 Å². The third-order valence-corrected chi connectivity index (χ3v) is 3.98. The van der Waals surface area contributed by atoms with Crippen molar-refractivity contribution in [3.05, 3.63) is 26.5 Å². The van der Waals surface area contributed by atoms with Crippen molar-refractivity contribution in [1.82, 2.24) is 0 Å². The Morgan fingerprint density at radius 1 is 1.23 bits per heavy atom. The van der Waals surface area contributed by atoms with E-state index in [9.17, 15) is 0 Å². The van der Waals surface area contributed by atoms with Crippen molar-refractivity contribution in [2.75, 3.05) is 7.11 Å². The van der Waals surface area contributed by atoms with Gasteiger partial charge in [0.25, 0.3) is 0 Å². The van der Waals surface area contributed by atoms with Gasteiger partial charge in [0.2, 0.25) is 0 Å². The number of halogens is 2. The summed E-state index contributed by atoms with van der Waals surface area (Å²) in [5.74, 6) is 0.877. The van der Waals surface area contributed by atoms with Crippen LogP contribution < -0.4 is 4.74 Å². The van der Waals surface area contributed by atoms with Gasteiger partial charge >= 0.3 is 0 Å². The summed E-state index contributed by atoms with van der Waals surface area (Å²) in [7, 11) is 1.68. The molecule has 0 radical (unpaired) electrons. The summed E-state index contributed by atoms with van der Waals surface area (Å²) < 4.78 is 8.57. The summed E-state index contributed by atoms with van der Waals surface area (Å²) in [5.41, 5.74) is 0. The normalized spacial score (nSPS) is 10.7. The van der Waals surface area contributed by atoms with Crippen LogP contribution in [0.5, 0.6) is 5.75 Å². The summed E-state index contributed by atoms with van der Waals surface area (Å²) in [6, 6.07) is 6.20. The van der Waals surface area contributed by atoms with Gasteiger partial charge < -0.3 is 4.74 Å². The predicted octanol–water partition coefficient (Wildman–Crippen LogP) is 4.43. The number of thiophene rings is 1. The number of ether oxygens (including phenoxy) is 1. The Morgan fingerprint density at radius 2 is 2.00 bits per heavy atom. The van der Waals surface area contributed by atoms with Gasteiger partial charge in [-0.25, -0.2) is 0 Å². The summed E-state index contributed by atoms with van der Waals surface area (Å²) in [6.45, 7) is 0. The molecule has 0 aliphatic heterocycles. The highest BCUT2D eigenvalue weighted by molar-refractivity contribution is 9.11. The zero-order chi connectivity index (χ0) is 9.42. The van der Waals surface area contributed by atoms with Gasteiger partial charge in [0.1, 0.15) is 5.75 Å². The van der Waals surface area contributed by atoms with E-state index in [-0.39, 0.29) is 0 Å². The maximum atomic E-state index is 5.21. The Bertz CT molecular complexity index is 450. The molecule has 0 saturated carbocycles. The second-order valence-electron chi connectivity index (χ2n) is 2.58. The van der Waals surface area contributed by atoms with Gasteiger partial charge in [-0.05, 0) is 55.4 Å². The molecule has 1 nitrogen and oxygen atoms in total. The van der Waals surface area contributed by atoms with Crippen molar-refractivity contribution >= 4 is 53.3 Å². The summed E-state index contributed by atoms with van der Waals surface area (Å²) >= 11 is 8.62. The van der Waals surface area contributed by atoms with Crippen LogP contribution in [0.4, 0.5) is 0 Å². The molecule has 4 heteroatoms. The lowest BCUT2D eigenvalue weighted by Crippen LogP contribution is -1.82. The zero-order valence-electron chi connectivity index (χ0n) is 6.80. The molecular formula is C9H6Br2OS. The molecule has 2 aromatic rings. The van der Waals surface area contributed by atoms with Gasteiger partial charge in [-0.2, -0.15) is 0 Å². The number of rotatable bonds is 1. The molecule has 0 saturated heterocycles. The minimum absolute atomic E-state index is 0.877. The highest BCUT2D eigenvalue weighted by Crippen LogP contribution is 2.36. The maximum absolute atomic E-state index is 5.21. The third kappa shape index (κ3) is 1.75. The van der Waals surface area contributed by atoms with Crippen LogP contribution in [0.1, 0.15) is 0 Å². The van der Waals surface area contributed by atoms with Gasteiger partial charge in [-0.3, -0.25) is 0 Å². The predicted molar refractivity (Wildman–Crippen MR) is 63.8 cm³/mol. The lowest BCUT2D eigenvalue weighted by Gasteiger charge is -2.01. The average Bonchev–Trinajstić information content (AvgIpc) is 2.42. The molecule has 0 aliphatic rings. The van der Waals surface area contributed by atoms with Crippen LogP contribution in [-0.2, 0) is 0 Å². The molecule has 0 spiro atoms. The smallest absolute Gasteiger partial charge is 0.134 e. The molecule has 1 heterocycles. The lowest BCUT2D eigenvalue weighted by atomic mass is 10.2. The van der Waals surface area contributed by atoms with Crippen molar-refractivity contribution in [3.63, 3.8) is 0 Å². The molecule has 13 heavy (non-hydrogen) atoms. The fourth-order valence-electron chi connectivity index (χ4n) is 1.16. The van der Waals surface area contributed by atoms with Crippen LogP contribution >= 0.6 is 43.2 Å². The van der Waals surface area contributed by atoms with E-state index < -0.39 is 0 Å². The summed E-state index contributed by atoms with van der Waals surface area (Å²) in [6.07, 6.45) is 0. The molecule has 0 bridgehead atoms. The quantitative estimate of drug-likeness (QED) is 0.754. The first-order valence-electron chi connectivity index (χ1n) is 3.63. The first kappa shape index (κ1) is 9.49. The summed E-state index contributed by atoms with van der Waals surface area (Å²) in [5, 5.41) is 1.23. The van der Waals surface area contributed by atoms with Crippen LogP contribution in [0, 0.1) is 0 Å². The van der Waals surface area contributed by atoms with E-state index in [2.05, 4.69) is 44.0 Å². The molecule has 1 aromatic heterocycles. The fraction of sp³-hybridized carbons (Fsp3) is 0.111. The van der Waals surface area contributed by atoms with Gasteiger partial charge in [0, 0.05) is 4.70 Å². The topological polar surface area (TPSA) is 9.23 Å². The molecule has 2 rings (SSSR count). The molecule has 0 unspecified atom stereocenters. The Morgan fingerprint density at radius 3 is 2.69 bits per heavy atom. The standard InChI is InChI=1S/C9H6Br2OS/c1-12-7-4-8-5(2-6(7)10)3-9(11)13-8/h2-4H,1H3. The van der Waals surface area contributed by atoms with Crippen LogP contribution in [0.15, 0.2) is 26.5 Å². The van der Waals surface area contributed by atoms with Crippen molar-refractivity contribution in [1.29, 1.82) is 0 Å². The summed E-state index contributed by atoms with van der Waals surface area (Å²) in [4.78, 5) is 0. The van der Waals surface area contributed by atoms with E-state index >= 15 is 0 Å². The molecule has 0 amide bonds. The first-order valence-corrected chi connectivity index (χ1v) is 6.03. The van der Waals surface area contributed by atoms with Crippen molar-refractivity contribution in [2.24, 2.45) is 0 Å². The molecule has 68 valence electrons. The Labute approximate surface area is 97.0 Å². The monoisotopic (exact) mass is 320 g/mol. The van der Waals surface area contributed by atoms with E-state index in [0.29, 0.717) is 0 Å². The maximum Gasteiger partial charge on any atom is 0.134 e. The second kappa shape index (κ2) is 3.59. The molecular weight excluding hydrogens is 316 g/mol. The van der Waals surface area contributed by atoms with Crippen LogP contribution in [-0.4, -0.2) is 7.11 Å². The molecule has 0 N–H and O–H groups in total. The van der Waals surface area contributed by atoms with Crippen molar-refractivity contribution < 1.29 is 4.74 Å². The SMILES string of the molecule is COc1cc2sc(Br)cc2cc1Br. The fourth-order valence-corrected chi connectivity index (χ4v) is 3.25. The number of hydrogen-bond acceptors (Lipinski definition) is 2. The second-order valence-corrected chi connectivity index (χ2v) is 5.89. The number of methoxy groups -OCH3 is 1. The van der Waals surface area contributed by atoms with E-state index in [1.807, 2.05) is 6.07 Å². The average molecular weight is 322 g/mol. The zero-order valence-corrected chi connectivity index (χ0v) is 10.8. The van der Waals surface area contributed by atoms with Gasteiger partial charge in [-0.15, -0.1) is 11.3 Å². The highest BCUT2D eigenvalue weighted by Gasteiger charge is 2.05. The van der Waals surface area contributed by atoms with Gasteiger partial charge in [0.05, 0.1) is 15.4 Å². The van der Waals surface area contributed by atoms with Crippen LogP contribution in [0.3, 0.4) is 0 Å². The minimum Gasteiger partial charge on any atom is -0.496 e. The molecule has 0 atom stereocenters. The highest BCUT2D eigenvalue weighted by atomic mass is 79.9. The molecule has 0 fully saturated rings. The Balaban J connectivity index is 2.72. The van der Waals surface area contributed by atoms with Gasteiger partial charge in [-0.1, -0.05) is 0 Å².